The zero-order valence-electron chi connectivity index (χ0n) is 21.2. The van der Waals surface area contributed by atoms with Gasteiger partial charge in [-0.15, -0.1) is 0 Å². The molecule has 2 aliphatic rings. The van der Waals surface area contributed by atoms with Crippen molar-refractivity contribution < 1.29 is 31.1 Å². The molecular weight excluding hydrogens is 527 g/mol. The molecule has 0 radical (unpaired) electrons. The maximum absolute atomic E-state index is 12.7. The largest absolute Gasteiger partial charge is 0.446 e. The van der Waals surface area contributed by atoms with Crippen molar-refractivity contribution >= 4 is 22.1 Å². The van der Waals surface area contributed by atoms with Gasteiger partial charge < -0.3 is 15.4 Å². The van der Waals surface area contributed by atoms with E-state index >= 15 is 0 Å². The molecule has 4 rings (SSSR count). The lowest BCUT2D eigenvalue weighted by molar-refractivity contribution is -0.138. The summed E-state index contributed by atoms with van der Waals surface area (Å²) in [6, 6.07) is 0.450. The van der Waals surface area contributed by atoms with Crippen LogP contribution in [0.3, 0.4) is 0 Å². The van der Waals surface area contributed by atoms with Gasteiger partial charge in [0.2, 0.25) is 5.95 Å². The highest BCUT2D eigenvalue weighted by molar-refractivity contribution is 7.89. The maximum Gasteiger partial charge on any atom is 0.407 e. The zero-order valence-corrected chi connectivity index (χ0v) is 22.0. The number of alkyl carbamates (subject to hydrolysis) is 1. The normalized spacial score (nSPS) is 22.2. The molecule has 2 aromatic heterocycles. The Morgan fingerprint density at radius 1 is 1.18 bits per heavy atom. The first kappa shape index (κ1) is 28.1. The number of piperidine rings is 1. The summed E-state index contributed by atoms with van der Waals surface area (Å²) in [5.41, 5.74) is 0.892. The lowest BCUT2D eigenvalue weighted by Gasteiger charge is -2.31. The topological polar surface area (TPSA) is 131 Å². The number of amides is 1. The Labute approximate surface area is 219 Å². The van der Waals surface area contributed by atoms with Crippen molar-refractivity contribution in [3.05, 3.63) is 30.2 Å². The Hall–Kier alpha value is -2.94. The van der Waals surface area contributed by atoms with Crippen LogP contribution >= 0.6 is 0 Å². The van der Waals surface area contributed by atoms with Gasteiger partial charge in [-0.3, -0.25) is 4.68 Å². The summed E-state index contributed by atoms with van der Waals surface area (Å²) < 4.78 is 71.0. The first-order valence-electron chi connectivity index (χ1n) is 12.5. The summed E-state index contributed by atoms with van der Waals surface area (Å²) >= 11 is 0. The lowest BCUT2D eigenvalue weighted by Crippen LogP contribution is -2.42. The van der Waals surface area contributed by atoms with Crippen LogP contribution in [0.5, 0.6) is 0 Å². The number of alkyl halides is 3. The Morgan fingerprint density at radius 3 is 2.47 bits per heavy atom. The van der Waals surface area contributed by atoms with Gasteiger partial charge >= 0.3 is 12.3 Å². The number of anilines is 1. The van der Waals surface area contributed by atoms with Crippen molar-refractivity contribution in [2.45, 2.75) is 80.8 Å². The summed E-state index contributed by atoms with van der Waals surface area (Å²) in [6.45, 7) is 2.01. The highest BCUT2D eigenvalue weighted by Gasteiger charge is 2.33. The van der Waals surface area contributed by atoms with Crippen LogP contribution in [0, 0.1) is 0 Å². The third-order valence-electron chi connectivity index (χ3n) is 6.78. The Bertz CT molecular complexity index is 1200. The standard InChI is InChI=1S/C23H32F3N7O4S/c1-15(12-23(24,25)26)29-22(34)37-19-4-3-16(11-19)17-13-27-21(28-14-17)30-18-5-9-33(10-6-18)38(35,36)20-7-8-32(2)31-20/h7-8,13-16,18-19H,3-6,9-12H2,1-2H3,(H,29,34)(H,27,28,30)/t15-,16+,19-/m0/s1. The number of aryl methyl sites for hydroxylation is 1. The fraction of sp³-hybridized carbons (Fsp3) is 0.652. The molecule has 2 fully saturated rings. The van der Waals surface area contributed by atoms with E-state index in [2.05, 4.69) is 25.7 Å². The third-order valence-corrected chi connectivity index (χ3v) is 8.58. The average molecular weight is 560 g/mol. The van der Waals surface area contributed by atoms with E-state index in [1.165, 1.54) is 22.0 Å². The summed E-state index contributed by atoms with van der Waals surface area (Å²) in [7, 11) is -1.95. The van der Waals surface area contributed by atoms with Crippen molar-refractivity contribution in [1.29, 1.82) is 0 Å². The minimum absolute atomic E-state index is 0.0264. The van der Waals surface area contributed by atoms with Crippen LogP contribution in [-0.2, 0) is 21.8 Å². The molecular formula is C23H32F3N7O4S. The Morgan fingerprint density at radius 2 is 1.87 bits per heavy atom. The summed E-state index contributed by atoms with van der Waals surface area (Å²) in [4.78, 5) is 20.7. The average Bonchev–Trinajstić information content (AvgIpc) is 3.48. The van der Waals surface area contributed by atoms with E-state index in [0.29, 0.717) is 44.7 Å². The van der Waals surface area contributed by atoms with Gasteiger partial charge in [0.05, 0.1) is 6.42 Å². The van der Waals surface area contributed by atoms with E-state index < -0.39 is 34.8 Å². The van der Waals surface area contributed by atoms with Gasteiger partial charge in [-0.05, 0) is 56.6 Å². The van der Waals surface area contributed by atoms with Crippen molar-refractivity contribution in [3.63, 3.8) is 0 Å². The molecule has 2 N–H and O–H groups in total. The highest BCUT2D eigenvalue weighted by Crippen LogP contribution is 2.35. The van der Waals surface area contributed by atoms with E-state index in [0.717, 1.165) is 12.0 Å². The quantitative estimate of drug-likeness (QED) is 0.504. The number of halogens is 3. The number of hydrogen-bond acceptors (Lipinski definition) is 8. The Balaban J connectivity index is 1.22. The van der Waals surface area contributed by atoms with E-state index in [4.69, 9.17) is 4.74 Å². The number of hydrogen-bond donors (Lipinski definition) is 2. The first-order chi connectivity index (χ1) is 17.9. The second-order valence-electron chi connectivity index (χ2n) is 9.89. The predicted molar refractivity (Wildman–Crippen MR) is 131 cm³/mol. The lowest BCUT2D eigenvalue weighted by atomic mass is 10.0. The molecule has 38 heavy (non-hydrogen) atoms. The molecule has 0 spiro atoms. The van der Waals surface area contributed by atoms with Crippen molar-refractivity contribution in [2.75, 3.05) is 18.4 Å². The molecule has 3 atom stereocenters. The number of carbonyl (C=O) groups is 1. The number of nitrogens with zero attached hydrogens (tertiary/aromatic N) is 5. The molecule has 0 unspecified atom stereocenters. The Kier molecular flexibility index (Phi) is 8.45. The van der Waals surface area contributed by atoms with Crippen LogP contribution < -0.4 is 10.6 Å². The minimum Gasteiger partial charge on any atom is -0.446 e. The molecule has 1 saturated carbocycles. The number of carbonyl (C=O) groups excluding carboxylic acids is 1. The predicted octanol–water partition coefficient (Wildman–Crippen LogP) is 3.18. The molecule has 2 aromatic rings. The third kappa shape index (κ3) is 7.34. The van der Waals surface area contributed by atoms with Gasteiger partial charge in [0.1, 0.15) is 6.10 Å². The molecule has 1 aliphatic heterocycles. The van der Waals surface area contributed by atoms with Crippen LogP contribution in [-0.4, -0.2) is 76.0 Å². The molecule has 3 heterocycles. The van der Waals surface area contributed by atoms with E-state index in [1.54, 1.807) is 25.6 Å². The molecule has 1 saturated heterocycles. The first-order valence-corrected chi connectivity index (χ1v) is 14.0. The second kappa shape index (κ2) is 11.4. The second-order valence-corrected chi connectivity index (χ2v) is 11.8. The molecule has 1 amide bonds. The van der Waals surface area contributed by atoms with Crippen LogP contribution in [0.4, 0.5) is 23.9 Å². The van der Waals surface area contributed by atoms with Crippen molar-refractivity contribution in [2.24, 2.45) is 7.05 Å². The van der Waals surface area contributed by atoms with E-state index in [9.17, 15) is 26.4 Å². The molecule has 15 heteroatoms. The SMILES string of the molecule is C[C@@H](CC(F)(F)F)NC(=O)O[C@H]1CC[C@@H](c2cnc(NC3CCN(S(=O)(=O)c4ccn(C)n4)CC3)nc2)C1. The summed E-state index contributed by atoms with van der Waals surface area (Å²) in [5.74, 6) is 0.526. The van der Waals surface area contributed by atoms with Crippen molar-refractivity contribution in [1.82, 2.24) is 29.4 Å². The fourth-order valence-electron chi connectivity index (χ4n) is 4.84. The number of aromatic nitrogens is 4. The van der Waals surface area contributed by atoms with Gasteiger partial charge in [0, 0.05) is 50.8 Å². The van der Waals surface area contributed by atoms with E-state index in [-0.39, 0.29) is 23.1 Å². The number of ether oxygens (including phenoxy) is 1. The highest BCUT2D eigenvalue weighted by atomic mass is 32.2. The monoisotopic (exact) mass is 559 g/mol. The summed E-state index contributed by atoms with van der Waals surface area (Å²) in [6.07, 6.45) is 1.42. The number of rotatable bonds is 8. The van der Waals surface area contributed by atoms with Gasteiger partial charge in [-0.1, -0.05) is 0 Å². The molecule has 11 nitrogen and oxygen atoms in total. The molecule has 0 bridgehead atoms. The summed E-state index contributed by atoms with van der Waals surface area (Å²) in [5, 5.41) is 9.55. The van der Waals surface area contributed by atoms with Crippen LogP contribution in [0.25, 0.3) is 0 Å². The van der Waals surface area contributed by atoms with Gasteiger partial charge in [0.25, 0.3) is 10.0 Å². The molecule has 0 aromatic carbocycles. The van der Waals surface area contributed by atoms with Gasteiger partial charge in [0.15, 0.2) is 5.03 Å². The maximum atomic E-state index is 12.7. The smallest absolute Gasteiger partial charge is 0.407 e. The van der Waals surface area contributed by atoms with Crippen LogP contribution in [0.1, 0.15) is 56.9 Å². The van der Waals surface area contributed by atoms with Gasteiger partial charge in [-0.2, -0.15) is 22.6 Å². The van der Waals surface area contributed by atoms with Gasteiger partial charge in [-0.25, -0.2) is 23.2 Å². The van der Waals surface area contributed by atoms with Crippen molar-refractivity contribution in [3.8, 4) is 0 Å². The van der Waals surface area contributed by atoms with Crippen LogP contribution in [0.15, 0.2) is 29.7 Å². The minimum atomic E-state index is -4.36. The molecule has 1 aliphatic carbocycles. The fourth-order valence-corrected chi connectivity index (χ4v) is 6.27. The van der Waals surface area contributed by atoms with Crippen LogP contribution in [0.2, 0.25) is 0 Å². The number of sulfonamides is 1. The zero-order chi connectivity index (χ0) is 27.5. The molecule has 210 valence electrons. The van der Waals surface area contributed by atoms with E-state index in [1.807, 2.05) is 0 Å². The number of nitrogens with one attached hydrogen (secondary N) is 2.